The van der Waals surface area contributed by atoms with Gasteiger partial charge in [-0.25, -0.2) is 4.98 Å². The minimum atomic E-state index is -0.0684. The van der Waals surface area contributed by atoms with E-state index in [0.29, 0.717) is 28.0 Å². The van der Waals surface area contributed by atoms with Crippen LogP contribution in [0.1, 0.15) is 16.9 Å². The summed E-state index contributed by atoms with van der Waals surface area (Å²) in [5.74, 6) is 1.42. The topological polar surface area (TPSA) is 55.6 Å². The summed E-state index contributed by atoms with van der Waals surface area (Å²) in [7, 11) is 1.64. The smallest absolute Gasteiger partial charge is 0.233 e. The van der Waals surface area contributed by atoms with E-state index in [4.69, 9.17) is 20.8 Å². The fourth-order valence-corrected chi connectivity index (χ4v) is 4.44. The lowest BCUT2D eigenvalue weighted by Gasteiger charge is -2.19. The average Bonchev–Trinajstić information content (AvgIpc) is 3.36. The first-order valence-corrected chi connectivity index (χ1v) is 10.3. The Balaban J connectivity index is 1.66. The van der Waals surface area contributed by atoms with Gasteiger partial charge in [0, 0.05) is 0 Å². The highest BCUT2D eigenvalue weighted by atomic mass is 35.5. The molecule has 5 nitrogen and oxygen atoms in total. The highest BCUT2D eigenvalue weighted by Gasteiger charge is 2.22. The van der Waals surface area contributed by atoms with E-state index in [1.165, 1.54) is 11.3 Å². The number of aryl methyl sites for hydroxylation is 1. The van der Waals surface area contributed by atoms with Crippen molar-refractivity contribution in [1.82, 2.24) is 4.98 Å². The molecule has 1 amide bonds. The lowest BCUT2D eigenvalue weighted by Crippen LogP contribution is -2.31. The number of fused-ring (bicyclic) bond motifs is 1. The Morgan fingerprint density at radius 2 is 2.10 bits per heavy atom. The molecule has 29 heavy (non-hydrogen) atoms. The number of methoxy groups -OCH3 is 1. The van der Waals surface area contributed by atoms with Crippen molar-refractivity contribution in [2.45, 2.75) is 19.9 Å². The number of thiazole rings is 1. The summed E-state index contributed by atoms with van der Waals surface area (Å²) in [6, 6.07) is 15.0. The largest absolute Gasteiger partial charge is 0.496 e. The molecule has 0 bridgehead atoms. The molecule has 0 spiro atoms. The van der Waals surface area contributed by atoms with E-state index < -0.39 is 0 Å². The van der Waals surface area contributed by atoms with Crippen molar-refractivity contribution in [2.24, 2.45) is 0 Å². The normalized spacial score (nSPS) is 11.0. The zero-order chi connectivity index (χ0) is 20.4. The molecule has 4 rings (SSSR count). The van der Waals surface area contributed by atoms with Gasteiger partial charge in [0.25, 0.3) is 0 Å². The van der Waals surface area contributed by atoms with Crippen LogP contribution in [0.4, 0.5) is 5.13 Å². The van der Waals surface area contributed by atoms with Crippen molar-refractivity contribution in [3.05, 3.63) is 76.7 Å². The van der Waals surface area contributed by atoms with Gasteiger partial charge in [0.05, 0.1) is 36.1 Å². The van der Waals surface area contributed by atoms with Crippen LogP contribution in [-0.2, 0) is 17.8 Å². The number of nitrogens with zero attached hydrogens (tertiary/aromatic N) is 2. The first-order chi connectivity index (χ1) is 14.0. The molecule has 0 unspecified atom stereocenters. The van der Waals surface area contributed by atoms with Crippen LogP contribution in [0.25, 0.3) is 10.2 Å². The lowest BCUT2D eigenvalue weighted by atomic mass is 10.1. The number of halogens is 1. The van der Waals surface area contributed by atoms with Gasteiger partial charge in [0.15, 0.2) is 5.13 Å². The molecule has 0 aliphatic heterocycles. The second-order valence-corrected chi connectivity index (χ2v) is 8.04. The van der Waals surface area contributed by atoms with Crippen LogP contribution in [-0.4, -0.2) is 18.0 Å². The highest BCUT2D eigenvalue weighted by molar-refractivity contribution is 7.22. The Morgan fingerprint density at radius 3 is 2.79 bits per heavy atom. The number of carbonyl (C=O) groups is 1. The fourth-order valence-electron chi connectivity index (χ4n) is 3.16. The minimum Gasteiger partial charge on any atom is -0.496 e. The molecular formula is C22H19ClN2O3S. The standard InChI is InChI=1S/C22H19ClN2O3S/c1-14-11-15(8-9-18(14)27-2)12-20(26)25(13-16-5-4-10-28-16)22-24-21-17(23)6-3-7-19(21)29-22/h3-11H,12-13H2,1-2H3. The molecule has 148 valence electrons. The highest BCUT2D eigenvalue weighted by Crippen LogP contribution is 2.34. The summed E-state index contributed by atoms with van der Waals surface area (Å²) >= 11 is 7.72. The van der Waals surface area contributed by atoms with E-state index in [1.54, 1.807) is 30.4 Å². The van der Waals surface area contributed by atoms with E-state index in [-0.39, 0.29) is 12.3 Å². The molecule has 0 saturated heterocycles. The van der Waals surface area contributed by atoms with E-state index in [1.807, 2.05) is 43.3 Å². The zero-order valence-electron chi connectivity index (χ0n) is 16.0. The van der Waals surface area contributed by atoms with Crippen LogP contribution in [0.2, 0.25) is 5.02 Å². The molecule has 4 aromatic rings. The molecule has 0 fully saturated rings. The van der Waals surface area contributed by atoms with Gasteiger partial charge in [0.2, 0.25) is 5.91 Å². The number of hydrogen-bond donors (Lipinski definition) is 0. The molecular weight excluding hydrogens is 408 g/mol. The maximum atomic E-state index is 13.3. The first kappa shape index (κ1) is 19.5. The quantitative estimate of drug-likeness (QED) is 0.400. The zero-order valence-corrected chi connectivity index (χ0v) is 17.6. The van der Waals surface area contributed by atoms with Crippen molar-refractivity contribution in [3.63, 3.8) is 0 Å². The Bertz CT molecular complexity index is 1150. The third-order valence-electron chi connectivity index (χ3n) is 4.60. The van der Waals surface area contributed by atoms with Crippen molar-refractivity contribution >= 4 is 44.2 Å². The molecule has 0 saturated carbocycles. The van der Waals surface area contributed by atoms with Crippen LogP contribution in [0.3, 0.4) is 0 Å². The summed E-state index contributed by atoms with van der Waals surface area (Å²) in [6.07, 6.45) is 1.84. The van der Waals surface area contributed by atoms with E-state index in [9.17, 15) is 4.79 Å². The summed E-state index contributed by atoms with van der Waals surface area (Å²) in [5.41, 5.74) is 2.60. The molecule has 2 heterocycles. The van der Waals surface area contributed by atoms with E-state index in [0.717, 1.165) is 21.6 Å². The molecule has 0 aliphatic carbocycles. The maximum absolute atomic E-state index is 13.3. The summed E-state index contributed by atoms with van der Waals surface area (Å²) < 4.78 is 11.7. The van der Waals surface area contributed by atoms with Gasteiger partial charge in [-0.15, -0.1) is 0 Å². The van der Waals surface area contributed by atoms with E-state index >= 15 is 0 Å². The Morgan fingerprint density at radius 1 is 1.24 bits per heavy atom. The SMILES string of the molecule is COc1ccc(CC(=O)N(Cc2ccco2)c2nc3c(Cl)cccc3s2)cc1C. The van der Waals surface area contributed by atoms with Crippen LogP contribution in [0.5, 0.6) is 5.75 Å². The molecule has 7 heteroatoms. The summed E-state index contributed by atoms with van der Waals surface area (Å²) in [6.45, 7) is 2.27. The van der Waals surface area contributed by atoms with Gasteiger partial charge in [-0.3, -0.25) is 9.69 Å². The predicted octanol–water partition coefficient (Wildman–Crippen LogP) is 5.64. The van der Waals surface area contributed by atoms with Gasteiger partial charge in [0.1, 0.15) is 17.0 Å². The number of ether oxygens (including phenoxy) is 1. The number of para-hydroxylation sites is 1. The van der Waals surface area contributed by atoms with Crippen molar-refractivity contribution in [1.29, 1.82) is 0 Å². The van der Waals surface area contributed by atoms with Crippen LogP contribution < -0.4 is 9.64 Å². The first-order valence-electron chi connectivity index (χ1n) is 9.06. The number of rotatable bonds is 6. The summed E-state index contributed by atoms with van der Waals surface area (Å²) in [5, 5.41) is 1.17. The Labute approximate surface area is 177 Å². The van der Waals surface area contributed by atoms with Gasteiger partial charge < -0.3 is 9.15 Å². The number of carbonyl (C=O) groups excluding carboxylic acids is 1. The number of amides is 1. The number of anilines is 1. The van der Waals surface area contributed by atoms with Gasteiger partial charge in [-0.2, -0.15) is 0 Å². The maximum Gasteiger partial charge on any atom is 0.233 e. The molecule has 0 radical (unpaired) electrons. The molecule has 2 aromatic heterocycles. The number of furan rings is 1. The number of benzene rings is 2. The monoisotopic (exact) mass is 426 g/mol. The third kappa shape index (κ3) is 4.13. The Hall–Kier alpha value is -2.83. The molecule has 0 atom stereocenters. The number of hydrogen-bond acceptors (Lipinski definition) is 5. The van der Waals surface area contributed by atoms with Crippen LogP contribution >= 0.6 is 22.9 Å². The van der Waals surface area contributed by atoms with E-state index in [2.05, 4.69) is 4.98 Å². The van der Waals surface area contributed by atoms with Gasteiger partial charge >= 0.3 is 0 Å². The van der Waals surface area contributed by atoms with Gasteiger partial charge in [-0.1, -0.05) is 41.1 Å². The number of aromatic nitrogens is 1. The van der Waals surface area contributed by atoms with Crippen molar-refractivity contribution in [2.75, 3.05) is 12.0 Å². The predicted molar refractivity (Wildman–Crippen MR) is 116 cm³/mol. The Kier molecular flexibility index (Phi) is 5.56. The van der Waals surface area contributed by atoms with Gasteiger partial charge in [-0.05, 0) is 48.4 Å². The molecule has 0 N–H and O–H groups in total. The lowest BCUT2D eigenvalue weighted by molar-refractivity contribution is -0.118. The second-order valence-electron chi connectivity index (χ2n) is 6.62. The third-order valence-corrected chi connectivity index (χ3v) is 5.95. The van der Waals surface area contributed by atoms with Crippen LogP contribution in [0, 0.1) is 6.92 Å². The van der Waals surface area contributed by atoms with Crippen molar-refractivity contribution in [3.8, 4) is 5.75 Å². The van der Waals surface area contributed by atoms with Crippen LogP contribution in [0.15, 0.2) is 59.2 Å². The van der Waals surface area contributed by atoms with Crippen molar-refractivity contribution < 1.29 is 13.9 Å². The molecule has 0 aliphatic rings. The average molecular weight is 427 g/mol. The summed E-state index contributed by atoms with van der Waals surface area (Å²) in [4.78, 5) is 19.5. The second kappa shape index (κ2) is 8.27. The minimum absolute atomic E-state index is 0.0684. The molecule has 2 aromatic carbocycles. The fraction of sp³-hybridized carbons (Fsp3) is 0.182.